The van der Waals surface area contributed by atoms with Gasteiger partial charge >= 0.3 is 0 Å². The predicted octanol–water partition coefficient (Wildman–Crippen LogP) is 4.83. The topological polar surface area (TPSA) is 20.2 Å². The minimum atomic E-state index is -0.953. The van der Waals surface area contributed by atoms with Crippen LogP contribution in [0.15, 0.2) is 78.9 Å². The summed E-state index contributed by atoms with van der Waals surface area (Å²) >= 11 is 5.89. The fourth-order valence-corrected chi connectivity index (χ4v) is 2.46. The fourth-order valence-electron chi connectivity index (χ4n) is 2.33. The molecule has 128 valence electrons. The molecule has 0 heterocycles. The summed E-state index contributed by atoms with van der Waals surface area (Å²) in [6.07, 6.45) is -0.953. The average molecular weight is 367 g/mol. The molecule has 0 aliphatic rings. The van der Waals surface area contributed by atoms with Crippen molar-refractivity contribution in [3.8, 4) is 35.5 Å². The lowest BCUT2D eigenvalue weighted by molar-refractivity contribution is 0.238. The number of benzene rings is 3. The second-order valence-electron chi connectivity index (χ2n) is 5.63. The van der Waals surface area contributed by atoms with Gasteiger partial charge in [0.2, 0.25) is 0 Å². The third kappa shape index (κ3) is 5.54. The van der Waals surface area contributed by atoms with Gasteiger partial charge in [0.1, 0.15) is 6.10 Å². The van der Waals surface area contributed by atoms with E-state index in [-0.39, 0.29) is 0 Å². The molecule has 3 aromatic carbocycles. The van der Waals surface area contributed by atoms with E-state index in [0.717, 1.165) is 16.7 Å². The van der Waals surface area contributed by atoms with E-state index >= 15 is 0 Å². The molecule has 1 nitrogen and oxygen atoms in total. The van der Waals surface area contributed by atoms with Gasteiger partial charge in [-0.2, -0.15) is 0 Å². The molecule has 3 aromatic rings. The van der Waals surface area contributed by atoms with Crippen LogP contribution in [-0.4, -0.2) is 5.11 Å². The maximum Gasteiger partial charge on any atom is 0.142 e. The molecule has 1 N–H and O–H groups in total. The number of rotatable bonds is 1. The van der Waals surface area contributed by atoms with Crippen LogP contribution in [-0.2, 0) is 0 Å². The van der Waals surface area contributed by atoms with Gasteiger partial charge < -0.3 is 5.11 Å². The molecule has 0 saturated carbocycles. The summed E-state index contributed by atoms with van der Waals surface area (Å²) in [5, 5.41) is 11.1. The Morgan fingerprint density at radius 2 is 1.33 bits per heavy atom. The smallest absolute Gasteiger partial charge is 0.142 e. The Bertz CT molecular complexity index is 1100. The molecule has 0 amide bonds. The number of hydrogen-bond acceptors (Lipinski definition) is 1. The van der Waals surface area contributed by atoms with E-state index in [1.165, 1.54) is 0 Å². The molecule has 0 aromatic heterocycles. The summed E-state index contributed by atoms with van der Waals surface area (Å²) in [7, 11) is 0. The summed E-state index contributed by atoms with van der Waals surface area (Å²) in [5.41, 5.74) is 3.12. The van der Waals surface area contributed by atoms with E-state index in [1.54, 1.807) is 12.1 Å². The molecule has 0 bridgehead atoms. The molecule has 0 spiro atoms. The molecule has 3 rings (SSSR count). The number of aliphatic hydroxyl groups is 1. The quantitative estimate of drug-likeness (QED) is 0.612. The molecule has 1 atom stereocenters. The second kappa shape index (κ2) is 9.33. The van der Waals surface area contributed by atoms with Crippen molar-refractivity contribution in [1.82, 2.24) is 0 Å². The first-order valence-corrected chi connectivity index (χ1v) is 8.71. The van der Waals surface area contributed by atoms with Gasteiger partial charge in [-0.3, -0.25) is 0 Å². The van der Waals surface area contributed by atoms with E-state index in [2.05, 4.69) is 35.5 Å². The first-order chi connectivity index (χ1) is 13.2. The number of halogens is 1. The Morgan fingerprint density at radius 1 is 0.667 bits per heavy atom. The molecule has 27 heavy (non-hydrogen) atoms. The van der Waals surface area contributed by atoms with Crippen LogP contribution in [0.2, 0.25) is 5.02 Å². The van der Waals surface area contributed by atoms with Gasteiger partial charge in [-0.15, -0.1) is 0 Å². The summed E-state index contributed by atoms with van der Waals surface area (Å²) in [5.74, 6) is 17.4. The van der Waals surface area contributed by atoms with Gasteiger partial charge in [0.05, 0.1) is 0 Å². The lowest BCUT2D eigenvalue weighted by Crippen LogP contribution is -1.97. The van der Waals surface area contributed by atoms with Gasteiger partial charge in [-0.05, 0) is 54.3 Å². The highest BCUT2D eigenvalue weighted by Gasteiger charge is 2.07. The van der Waals surface area contributed by atoms with Crippen molar-refractivity contribution in [2.24, 2.45) is 0 Å². The summed E-state index contributed by atoms with van der Waals surface area (Å²) in [4.78, 5) is 0. The minimum absolute atomic E-state index is 0.660. The van der Waals surface area contributed by atoms with Crippen LogP contribution in [0, 0.1) is 35.5 Å². The van der Waals surface area contributed by atoms with Gasteiger partial charge in [0.15, 0.2) is 0 Å². The maximum absolute atomic E-state index is 10.4. The first-order valence-electron chi connectivity index (χ1n) is 8.33. The summed E-state index contributed by atoms with van der Waals surface area (Å²) in [6, 6.07) is 24.3. The lowest BCUT2D eigenvalue weighted by Gasteiger charge is -2.06. The Morgan fingerprint density at radius 3 is 2.11 bits per heavy atom. The highest BCUT2D eigenvalue weighted by Crippen LogP contribution is 2.17. The van der Waals surface area contributed by atoms with Crippen molar-refractivity contribution in [2.45, 2.75) is 6.10 Å². The van der Waals surface area contributed by atoms with E-state index in [0.29, 0.717) is 10.6 Å². The van der Waals surface area contributed by atoms with Crippen molar-refractivity contribution < 1.29 is 5.11 Å². The highest BCUT2D eigenvalue weighted by molar-refractivity contribution is 6.30. The minimum Gasteiger partial charge on any atom is -0.376 e. The van der Waals surface area contributed by atoms with Crippen molar-refractivity contribution in [1.29, 1.82) is 0 Å². The maximum atomic E-state index is 10.4. The van der Waals surface area contributed by atoms with Gasteiger partial charge in [-0.25, -0.2) is 0 Å². The predicted molar refractivity (Wildman–Crippen MR) is 110 cm³/mol. The normalized spacial score (nSPS) is 10.3. The zero-order chi connectivity index (χ0) is 18.9. The molecule has 0 fully saturated rings. The largest absolute Gasteiger partial charge is 0.376 e. The van der Waals surface area contributed by atoms with Crippen LogP contribution in [0.1, 0.15) is 28.4 Å². The van der Waals surface area contributed by atoms with Crippen LogP contribution in [0.4, 0.5) is 0 Å². The average Bonchev–Trinajstić information content (AvgIpc) is 2.71. The molecule has 0 aliphatic heterocycles. The van der Waals surface area contributed by atoms with Crippen molar-refractivity contribution >= 4 is 11.6 Å². The Kier molecular flexibility index (Phi) is 6.35. The highest BCUT2D eigenvalue weighted by atomic mass is 35.5. The fraction of sp³-hybridized carbons (Fsp3) is 0.0400. The molecular weight excluding hydrogens is 352 g/mol. The lowest BCUT2D eigenvalue weighted by atomic mass is 10.0. The van der Waals surface area contributed by atoms with E-state index in [4.69, 9.17) is 11.6 Å². The SMILES string of the molecule is OC(C#CC#Cc1ccccc1)c1ccccc1C#Cc1ccc(Cl)cc1. The molecule has 0 aliphatic carbocycles. The molecule has 1 unspecified atom stereocenters. The zero-order valence-electron chi connectivity index (χ0n) is 14.4. The first kappa shape index (κ1) is 18.4. The van der Waals surface area contributed by atoms with Crippen LogP contribution < -0.4 is 0 Å². The molecular formula is C25H15ClO. The summed E-state index contributed by atoms with van der Waals surface area (Å²) < 4.78 is 0. The monoisotopic (exact) mass is 366 g/mol. The van der Waals surface area contributed by atoms with E-state index in [1.807, 2.05) is 66.7 Å². The van der Waals surface area contributed by atoms with Gasteiger partial charge in [0.25, 0.3) is 0 Å². The Hall–Kier alpha value is -3.41. The standard InChI is InChI=1S/C25H15ClO/c26-23-18-15-21(16-19-23)14-17-22-11-5-6-12-24(22)25(27)13-7-4-10-20-8-2-1-3-9-20/h1-3,5-6,8-9,11-12,15-16,18-19,25,27H. The van der Waals surface area contributed by atoms with E-state index in [9.17, 15) is 5.11 Å². The van der Waals surface area contributed by atoms with Crippen LogP contribution in [0.25, 0.3) is 0 Å². The van der Waals surface area contributed by atoms with Crippen molar-refractivity contribution in [3.05, 3.63) is 106 Å². The number of aliphatic hydroxyl groups excluding tert-OH is 1. The third-order valence-electron chi connectivity index (χ3n) is 3.69. The molecule has 0 radical (unpaired) electrons. The molecule has 2 heteroatoms. The summed E-state index contributed by atoms with van der Waals surface area (Å²) in [6.45, 7) is 0. The van der Waals surface area contributed by atoms with Gasteiger partial charge in [0, 0.05) is 27.3 Å². The van der Waals surface area contributed by atoms with E-state index < -0.39 is 6.10 Å². The van der Waals surface area contributed by atoms with Crippen molar-refractivity contribution in [2.75, 3.05) is 0 Å². The zero-order valence-corrected chi connectivity index (χ0v) is 15.2. The molecule has 0 saturated heterocycles. The van der Waals surface area contributed by atoms with Gasteiger partial charge in [-0.1, -0.05) is 71.7 Å². The van der Waals surface area contributed by atoms with Crippen LogP contribution in [0.3, 0.4) is 0 Å². The Balaban J connectivity index is 1.79. The number of hydrogen-bond donors (Lipinski definition) is 1. The van der Waals surface area contributed by atoms with Crippen molar-refractivity contribution in [3.63, 3.8) is 0 Å². The van der Waals surface area contributed by atoms with Crippen LogP contribution in [0.5, 0.6) is 0 Å². The Labute approximate surface area is 164 Å². The second-order valence-corrected chi connectivity index (χ2v) is 6.07. The van der Waals surface area contributed by atoms with Crippen LogP contribution >= 0.6 is 11.6 Å². The third-order valence-corrected chi connectivity index (χ3v) is 3.95.